The SMILES string of the molecule is CCCCC/C=C\C/C=C\CCCCCCCC(=O)OCCCCCC(O)C(CCCCOC(=O)CCCCCCC/C=C\C/C=C\CCCCC)CNCCN1CCN(C)CC1. The number of hydrogen-bond acceptors (Lipinski definition) is 8. The number of aliphatic hydroxyl groups excluding tert-OH is 1. The molecule has 1 aliphatic rings. The molecule has 0 aromatic carbocycles. The van der Waals surface area contributed by atoms with E-state index in [1.54, 1.807) is 0 Å². The summed E-state index contributed by atoms with van der Waals surface area (Å²) in [5, 5.41) is 14.9. The largest absolute Gasteiger partial charge is 0.466 e. The van der Waals surface area contributed by atoms with Gasteiger partial charge >= 0.3 is 11.9 Å². The minimum atomic E-state index is -0.372. The van der Waals surface area contributed by atoms with Crippen LogP contribution in [-0.4, -0.2) is 99.0 Å². The Kier molecular flexibility index (Phi) is 43.2. The summed E-state index contributed by atoms with van der Waals surface area (Å²) in [6, 6.07) is 0. The van der Waals surface area contributed by atoms with Crippen LogP contribution >= 0.6 is 0 Å². The fourth-order valence-corrected chi connectivity index (χ4v) is 8.08. The molecule has 0 saturated carbocycles. The van der Waals surface area contributed by atoms with Crippen LogP contribution in [0, 0.1) is 5.92 Å². The van der Waals surface area contributed by atoms with Crippen molar-refractivity contribution in [2.24, 2.45) is 5.92 Å². The molecule has 63 heavy (non-hydrogen) atoms. The summed E-state index contributed by atoms with van der Waals surface area (Å²) < 4.78 is 11.1. The second-order valence-corrected chi connectivity index (χ2v) is 18.4. The van der Waals surface area contributed by atoms with E-state index in [1.807, 2.05) is 0 Å². The first-order valence-electron chi connectivity index (χ1n) is 26.7. The molecule has 2 atom stereocenters. The standard InChI is InChI=1S/C55H101N3O5/c1-4-6-8-10-12-14-16-18-20-22-24-26-28-30-34-41-54(60)62-49-37-32-33-40-53(59)52(51-56-43-44-58-47-45-57(3)46-48-58)39-36-38-50-63-55(61)42-35-31-29-27-25-23-21-19-17-15-13-11-9-7-5-2/h12-15,18-21,52-53,56,59H,4-11,16-17,22-51H2,1-3H3/b14-12-,15-13-,20-18-,21-19-. The number of carbonyl (C=O) groups is 2. The maximum atomic E-state index is 12.4. The van der Waals surface area contributed by atoms with E-state index >= 15 is 0 Å². The highest BCUT2D eigenvalue weighted by molar-refractivity contribution is 5.69. The minimum Gasteiger partial charge on any atom is -0.466 e. The van der Waals surface area contributed by atoms with Crippen molar-refractivity contribution in [2.75, 3.05) is 66.1 Å². The lowest BCUT2D eigenvalue weighted by molar-refractivity contribution is -0.144. The van der Waals surface area contributed by atoms with Gasteiger partial charge in [0.05, 0.1) is 19.3 Å². The van der Waals surface area contributed by atoms with Crippen molar-refractivity contribution in [3.8, 4) is 0 Å². The van der Waals surface area contributed by atoms with E-state index in [1.165, 1.54) is 89.9 Å². The van der Waals surface area contributed by atoms with E-state index in [-0.39, 0.29) is 24.0 Å². The fourth-order valence-electron chi connectivity index (χ4n) is 8.08. The molecule has 0 amide bonds. The zero-order chi connectivity index (χ0) is 45.5. The van der Waals surface area contributed by atoms with E-state index in [4.69, 9.17) is 9.47 Å². The number of ether oxygens (including phenoxy) is 2. The Hall–Kier alpha value is -2.26. The number of nitrogens with one attached hydrogen (secondary N) is 1. The van der Waals surface area contributed by atoms with Gasteiger partial charge in [0.15, 0.2) is 0 Å². The van der Waals surface area contributed by atoms with Gasteiger partial charge in [-0.1, -0.05) is 133 Å². The molecule has 0 aliphatic carbocycles. The maximum absolute atomic E-state index is 12.4. The molecule has 0 aromatic rings. The van der Waals surface area contributed by atoms with Gasteiger partial charge in [-0.15, -0.1) is 0 Å². The molecule has 366 valence electrons. The number of piperazine rings is 1. The summed E-state index contributed by atoms with van der Waals surface area (Å²) >= 11 is 0. The van der Waals surface area contributed by atoms with Crippen LogP contribution in [-0.2, 0) is 19.1 Å². The summed E-state index contributed by atoms with van der Waals surface area (Å²) in [4.78, 5) is 29.5. The molecular formula is C55H101N3O5. The predicted molar refractivity (Wildman–Crippen MR) is 269 cm³/mol. The van der Waals surface area contributed by atoms with Gasteiger partial charge in [-0.3, -0.25) is 14.5 Å². The third-order valence-electron chi connectivity index (χ3n) is 12.5. The lowest BCUT2D eigenvalue weighted by Gasteiger charge is -2.32. The lowest BCUT2D eigenvalue weighted by Crippen LogP contribution is -2.47. The van der Waals surface area contributed by atoms with Gasteiger partial charge < -0.3 is 24.8 Å². The smallest absolute Gasteiger partial charge is 0.305 e. The summed E-state index contributed by atoms with van der Waals surface area (Å²) in [5.41, 5.74) is 0. The van der Waals surface area contributed by atoms with Crippen LogP contribution in [0.25, 0.3) is 0 Å². The minimum absolute atomic E-state index is 0.0735. The number of esters is 2. The number of aliphatic hydroxyl groups is 1. The lowest BCUT2D eigenvalue weighted by atomic mass is 9.92. The first-order valence-corrected chi connectivity index (χ1v) is 26.7. The van der Waals surface area contributed by atoms with Gasteiger partial charge in [-0.2, -0.15) is 0 Å². The zero-order valence-electron chi connectivity index (χ0n) is 41.5. The van der Waals surface area contributed by atoms with Gasteiger partial charge in [0.25, 0.3) is 0 Å². The molecule has 0 radical (unpaired) electrons. The third-order valence-corrected chi connectivity index (χ3v) is 12.5. The Bertz CT molecular complexity index is 1130. The Morgan fingerprint density at radius 1 is 0.540 bits per heavy atom. The molecule has 2 unspecified atom stereocenters. The molecule has 1 rings (SSSR count). The number of allylic oxidation sites excluding steroid dienone is 8. The summed E-state index contributed by atoms with van der Waals surface area (Å²) in [5.74, 6) is 0.0214. The number of hydrogen-bond donors (Lipinski definition) is 2. The van der Waals surface area contributed by atoms with Gasteiger partial charge in [-0.25, -0.2) is 0 Å². The molecule has 2 N–H and O–H groups in total. The molecule has 0 spiro atoms. The first-order chi connectivity index (χ1) is 31.0. The highest BCUT2D eigenvalue weighted by atomic mass is 16.5. The topological polar surface area (TPSA) is 91.3 Å². The molecular weight excluding hydrogens is 783 g/mol. The molecule has 1 saturated heterocycles. The zero-order valence-corrected chi connectivity index (χ0v) is 41.5. The van der Waals surface area contributed by atoms with Crippen LogP contribution in [0.1, 0.15) is 213 Å². The summed E-state index contributed by atoms with van der Waals surface area (Å²) in [6.07, 6.45) is 51.1. The van der Waals surface area contributed by atoms with Crippen molar-refractivity contribution >= 4 is 11.9 Å². The van der Waals surface area contributed by atoms with Gasteiger partial charge in [-0.05, 0) is 129 Å². The van der Waals surface area contributed by atoms with E-state index in [9.17, 15) is 14.7 Å². The molecule has 8 heteroatoms. The molecule has 1 fully saturated rings. The van der Waals surface area contributed by atoms with E-state index < -0.39 is 0 Å². The number of nitrogens with zero attached hydrogens (tertiary/aromatic N) is 2. The highest BCUT2D eigenvalue weighted by Gasteiger charge is 2.19. The van der Waals surface area contributed by atoms with Crippen LogP contribution in [0.15, 0.2) is 48.6 Å². The second kappa shape index (κ2) is 46.3. The molecule has 8 nitrogen and oxygen atoms in total. The van der Waals surface area contributed by atoms with Crippen molar-refractivity contribution < 1.29 is 24.2 Å². The first kappa shape index (κ1) is 58.8. The van der Waals surface area contributed by atoms with Crippen molar-refractivity contribution in [3.63, 3.8) is 0 Å². The number of rotatable bonds is 45. The Labute approximate surface area is 389 Å². The van der Waals surface area contributed by atoms with Crippen molar-refractivity contribution in [1.29, 1.82) is 0 Å². The fraction of sp³-hybridized carbons (Fsp3) is 0.818. The van der Waals surface area contributed by atoms with Crippen LogP contribution in [0.4, 0.5) is 0 Å². The normalized spacial score (nSPS) is 15.1. The van der Waals surface area contributed by atoms with Crippen LogP contribution in [0.5, 0.6) is 0 Å². The quantitative estimate of drug-likeness (QED) is 0.0355. The van der Waals surface area contributed by atoms with E-state index in [2.05, 4.69) is 84.6 Å². The van der Waals surface area contributed by atoms with Gasteiger partial charge in [0.2, 0.25) is 0 Å². The van der Waals surface area contributed by atoms with Crippen molar-refractivity contribution in [3.05, 3.63) is 48.6 Å². The third kappa shape index (κ3) is 41.0. The number of likely N-dealkylation sites (N-methyl/N-ethyl adjacent to an activating group) is 1. The van der Waals surface area contributed by atoms with Crippen LogP contribution < -0.4 is 5.32 Å². The monoisotopic (exact) mass is 884 g/mol. The Balaban J connectivity index is 2.17. The molecule has 1 heterocycles. The molecule has 1 aliphatic heterocycles. The van der Waals surface area contributed by atoms with Gasteiger partial charge in [0.1, 0.15) is 0 Å². The Morgan fingerprint density at radius 2 is 0.968 bits per heavy atom. The number of carbonyl (C=O) groups excluding carboxylic acids is 2. The molecule has 0 bridgehead atoms. The van der Waals surface area contributed by atoms with Crippen molar-refractivity contribution in [1.82, 2.24) is 15.1 Å². The Morgan fingerprint density at radius 3 is 1.48 bits per heavy atom. The summed E-state index contributed by atoms with van der Waals surface area (Å²) in [6.45, 7) is 12.7. The summed E-state index contributed by atoms with van der Waals surface area (Å²) in [7, 11) is 2.19. The van der Waals surface area contributed by atoms with Gasteiger partial charge in [0, 0.05) is 58.7 Å². The average Bonchev–Trinajstić information content (AvgIpc) is 3.28. The second-order valence-electron chi connectivity index (χ2n) is 18.4. The van der Waals surface area contributed by atoms with E-state index in [0.717, 1.165) is 142 Å². The maximum Gasteiger partial charge on any atom is 0.305 e. The van der Waals surface area contributed by atoms with E-state index in [0.29, 0.717) is 26.1 Å². The van der Waals surface area contributed by atoms with Crippen LogP contribution in [0.2, 0.25) is 0 Å². The van der Waals surface area contributed by atoms with Crippen LogP contribution in [0.3, 0.4) is 0 Å². The average molecular weight is 884 g/mol. The van der Waals surface area contributed by atoms with Crippen molar-refractivity contribution in [2.45, 2.75) is 219 Å². The number of unbranched alkanes of at least 4 members (excludes halogenated alkanes) is 19. The molecule has 0 aromatic heterocycles. The highest BCUT2D eigenvalue weighted by Crippen LogP contribution is 2.19. The predicted octanol–water partition coefficient (Wildman–Crippen LogP) is 13.2.